The molecule has 0 aliphatic heterocycles. The van der Waals surface area contributed by atoms with Crippen LogP contribution in [0.25, 0.3) is 22.0 Å². The van der Waals surface area contributed by atoms with Crippen LogP contribution in [0.5, 0.6) is 0 Å². The van der Waals surface area contributed by atoms with Crippen molar-refractivity contribution in [3.05, 3.63) is 60.3 Å². The standard InChI is InChI=1S/C15H10N2/c16-9-11-5-1-2-6-12(11)14-10-17-15-8-4-3-7-13(14)15/h1-8,10,17H. The fourth-order valence-electron chi connectivity index (χ4n) is 2.11. The maximum absolute atomic E-state index is 9.13. The minimum atomic E-state index is 0.706. The van der Waals surface area contributed by atoms with Crippen LogP contribution in [-0.4, -0.2) is 4.98 Å². The molecule has 0 aliphatic rings. The number of hydrogen-bond acceptors (Lipinski definition) is 1. The molecule has 0 bridgehead atoms. The first-order chi connectivity index (χ1) is 8.40. The molecule has 0 spiro atoms. The van der Waals surface area contributed by atoms with Crippen LogP contribution in [-0.2, 0) is 0 Å². The highest BCUT2D eigenvalue weighted by Crippen LogP contribution is 2.30. The fourth-order valence-corrected chi connectivity index (χ4v) is 2.11. The lowest BCUT2D eigenvalue weighted by molar-refractivity contribution is 1.46. The molecule has 2 nitrogen and oxygen atoms in total. The Hall–Kier alpha value is -2.53. The van der Waals surface area contributed by atoms with Gasteiger partial charge in [-0.15, -0.1) is 0 Å². The summed E-state index contributed by atoms with van der Waals surface area (Å²) < 4.78 is 0. The first kappa shape index (κ1) is 9.68. The molecule has 2 aromatic carbocycles. The lowest BCUT2D eigenvalue weighted by atomic mass is 10.00. The van der Waals surface area contributed by atoms with Crippen LogP contribution in [0.15, 0.2) is 54.7 Å². The normalized spacial score (nSPS) is 10.3. The van der Waals surface area contributed by atoms with E-state index in [2.05, 4.69) is 17.1 Å². The maximum atomic E-state index is 9.13. The van der Waals surface area contributed by atoms with Crippen molar-refractivity contribution in [2.45, 2.75) is 0 Å². The lowest BCUT2D eigenvalue weighted by Gasteiger charge is -2.01. The molecule has 2 heteroatoms. The Balaban J connectivity index is 2.32. The monoisotopic (exact) mass is 218 g/mol. The third-order valence-corrected chi connectivity index (χ3v) is 2.93. The number of nitrogens with zero attached hydrogens (tertiary/aromatic N) is 1. The number of fused-ring (bicyclic) bond motifs is 1. The van der Waals surface area contributed by atoms with Crippen molar-refractivity contribution in [3.8, 4) is 17.2 Å². The van der Waals surface area contributed by atoms with E-state index in [4.69, 9.17) is 5.26 Å². The molecule has 0 atom stereocenters. The van der Waals surface area contributed by atoms with E-state index in [1.165, 1.54) is 0 Å². The Bertz CT molecular complexity index is 717. The zero-order valence-electron chi connectivity index (χ0n) is 9.14. The third kappa shape index (κ3) is 1.49. The summed E-state index contributed by atoms with van der Waals surface area (Å²) in [7, 11) is 0. The SMILES string of the molecule is N#Cc1ccccc1-c1c[nH]c2ccccc12. The summed E-state index contributed by atoms with van der Waals surface area (Å²) >= 11 is 0. The number of para-hydroxylation sites is 1. The van der Waals surface area contributed by atoms with Gasteiger partial charge in [0.25, 0.3) is 0 Å². The summed E-state index contributed by atoms with van der Waals surface area (Å²) in [4.78, 5) is 3.23. The van der Waals surface area contributed by atoms with Gasteiger partial charge in [0, 0.05) is 28.2 Å². The van der Waals surface area contributed by atoms with E-state index >= 15 is 0 Å². The molecule has 3 aromatic rings. The summed E-state index contributed by atoms with van der Waals surface area (Å²) in [6, 6.07) is 18.0. The van der Waals surface area contributed by atoms with Crippen molar-refractivity contribution in [3.63, 3.8) is 0 Å². The topological polar surface area (TPSA) is 39.6 Å². The molecule has 0 amide bonds. The van der Waals surface area contributed by atoms with Crippen molar-refractivity contribution < 1.29 is 0 Å². The molecule has 0 saturated heterocycles. The van der Waals surface area contributed by atoms with Crippen LogP contribution in [0.1, 0.15) is 5.56 Å². The van der Waals surface area contributed by atoms with E-state index in [1.54, 1.807) is 0 Å². The van der Waals surface area contributed by atoms with Crippen LogP contribution in [0.3, 0.4) is 0 Å². The van der Waals surface area contributed by atoms with Gasteiger partial charge in [0.1, 0.15) is 0 Å². The number of aromatic amines is 1. The van der Waals surface area contributed by atoms with Crippen molar-refractivity contribution in [1.29, 1.82) is 5.26 Å². The Kier molecular flexibility index (Phi) is 2.16. The van der Waals surface area contributed by atoms with E-state index < -0.39 is 0 Å². The van der Waals surface area contributed by atoms with E-state index in [0.717, 1.165) is 22.0 Å². The fraction of sp³-hybridized carbons (Fsp3) is 0. The Labute approximate surface area is 99.1 Å². The second-order valence-electron chi connectivity index (χ2n) is 3.91. The molecule has 1 N–H and O–H groups in total. The number of hydrogen-bond donors (Lipinski definition) is 1. The summed E-state index contributed by atoms with van der Waals surface area (Å²) in [5.74, 6) is 0. The van der Waals surface area contributed by atoms with Gasteiger partial charge >= 0.3 is 0 Å². The second-order valence-corrected chi connectivity index (χ2v) is 3.91. The van der Waals surface area contributed by atoms with Gasteiger partial charge in [-0.2, -0.15) is 5.26 Å². The van der Waals surface area contributed by atoms with Crippen molar-refractivity contribution >= 4 is 10.9 Å². The largest absolute Gasteiger partial charge is 0.361 e. The first-order valence-corrected chi connectivity index (χ1v) is 5.46. The average Bonchev–Trinajstić information content (AvgIpc) is 2.82. The third-order valence-electron chi connectivity index (χ3n) is 2.93. The van der Waals surface area contributed by atoms with Crippen molar-refractivity contribution in [2.24, 2.45) is 0 Å². The highest BCUT2D eigenvalue weighted by atomic mass is 14.7. The molecule has 80 valence electrons. The predicted molar refractivity (Wildman–Crippen MR) is 68.4 cm³/mol. The smallest absolute Gasteiger partial charge is 0.0998 e. The molecule has 1 aromatic heterocycles. The van der Waals surface area contributed by atoms with Gasteiger partial charge < -0.3 is 4.98 Å². The minimum absolute atomic E-state index is 0.706. The molecular weight excluding hydrogens is 208 g/mol. The van der Waals surface area contributed by atoms with Crippen LogP contribution < -0.4 is 0 Å². The quantitative estimate of drug-likeness (QED) is 0.664. The highest BCUT2D eigenvalue weighted by Gasteiger charge is 2.08. The number of H-pyrrole nitrogens is 1. The van der Waals surface area contributed by atoms with E-state index in [9.17, 15) is 0 Å². The van der Waals surface area contributed by atoms with Crippen molar-refractivity contribution in [2.75, 3.05) is 0 Å². The second kappa shape index (κ2) is 3.80. The van der Waals surface area contributed by atoms with Gasteiger partial charge in [-0.3, -0.25) is 0 Å². The van der Waals surface area contributed by atoms with Crippen molar-refractivity contribution in [1.82, 2.24) is 4.98 Å². The summed E-state index contributed by atoms with van der Waals surface area (Å²) in [5.41, 5.74) is 3.86. The highest BCUT2D eigenvalue weighted by molar-refractivity contribution is 5.96. The number of nitrogens with one attached hydrogen (secondary N) is 1. The van der Waals surface area contributed by atoms with E-state index in [1.807, 2.05) is 48.7 Å². The Morgan fingerprint density at radius 2 is 1.65 bits per heavy atom. The number of rotatable bonds is 1. The summed E-state index contributed by atoms with van der Waals surface area (Å²) in [5, 5.41) is 10.3. The zero-order chi connectivity index (χ0) is 11.7. The summed E-state index contributed by atoms with van der Waals surface area (Å²) in [6.07, 6.45) is 1.96. The minimum Gasteiger partial charge on any atom is -0.361 e. The van der Waals surface area contributed by atoms with Gasteiger partial charge in [0.2, 0.25) is 0 Å². The van der Waals surface area contributed by atoms with Gasteiger partial charge in [0.05, 0.1) is 11.6 Å². The van der Waals surface area contributed by atoms with E-state index in [0.29, 0.717) is 5.56 Å². The number of aromatic nitrogens is 1. The van der Waals surface area contributed by atoms with Gasteiger partial charge in [0.15, 0.2) is 0 Å². The molecule has 0 aliphatic carbocycles. The molecule has 17 heavy (non-hydrogen) atoms. The van der Waals surface area contributed by atoms with Crippen LogP contribution in [0.2, 0.25) is 0 Å². The van der Waals surface area contributed by atoms with Gasteiger partial charge in [-0.1, -0.05) is 36.4 Å². The number of benzene rings is 2. The maximum Gasteiger partial charge on any atom is 0.0998 e. The molecule has 0 unspecified atom stereocenters. The van der Waals surface area contributed by atoms with Gasteiger partial charge in [-0.05, 0) is 12.1 Å². The zero-order valence-corrected chi connectivity index (χ0v) is 9.14. The molecule has 0 saturated carbocycles. The van der Waals surface area contributed by atoms with Crippen LogP contribution >= 0.6 is 0 Å². The summed E-state index contributed by atoms with van der Waals surface area (Å²) in [6.45, 7) is 0. The Morgan fingerprint density at radius 1 is 0.882 bits per heavy atom. The average molecular weight is 218 g/mol. The molecular formula is C15H10N2. The van der Waals surface area contributed by atoms with E-state index in [-0.39, 0.29) is 0 Å². The van der Waals surface area contributed by atoms with Gasteiger partial charge in [-0.25, -0.2) is 0 Å². The predicted octanol–water partition coefficient (Wildman–Crippen LogP) is 3.71. The van der Waals surface area contributed by atoms with Crippen LogP contribution in [0.4, 0.5) is 0 Å². The molecule has 1 heterocycles. The Morgan fingerprint density at radius 3 is 2.53 bits per heavy atom. The lowest BCUT2D eigenvalue weighted by Crippen LogP contribution is -1.81. The molecule has 0 fully saturated rings. The first-order valence-electron chi connectivity index (χ1n) is 5.46. The number of nitriles is 1. The molecule has 3 rings (SSSR count). The molecule has 0 radical (unpaired) electrons. The van der Waals surface area contributed by atoms with Crippen LogP contribution in [0, 0.1) is 11.3 Å².